The highest BCUT2D eigenvalue weighted by molar-refractivity contribution is 5.46. The summed E-state index contributed by atoms with van der Waals surface area (Å²) in [5.74, 6) is 0.960. The normalized spacial score (nSPS) is 20.4. The lowest BCUT2D eigenvalue weighted by Crippen LogP contribution is -2.33. The van der Waals surface area contributed by atoms with Gasteiger partial charge in [0.1, 0.15) is 5.75 Å². The van der Waals surface area contributed by atoms with Gasteiger partial charge in [-0.1, -0.05) is 26.8 Å². The van der Waals surface area contributed by atoms with Gasteiger partial charge in [-0.15, -0.1) is 0 Å². The predicted molar refractivity (Wildman–Crippen MR) is 78.0 cm³/mol. The lowest BCUT2D eigenvalue weighted by Gasteiger charge is -2.28. The number of hydrogen-bond acceptors (Lipinski definition) is 3. The molecule has 0 bridgehead atoms. The first-order chi connectivity index (χ1) is 8.93. The van der Waals surface area contributed by atoms with Crippen LogP contribution in [0.25, 0.3) is 0 Å². The highest BCUT2D eigenvalue weighted by Gasteiger charge is 2.24. The highest BCUT2D eigenvalue weighted by Crippen LogP contribution is 2.36. The average Bonchev–Trinajstić information content (AvgIpc) is 2.38. The van der Waals surface area contributed by atoms with E-state index in [1.54, 1.807) is 7.11 Å². The summed E-state index contributed by atoms with van der Waals surface area (Å²) in [6, 6.07) is 4.39. The fourth-order valence-electron chi connectivity index (χ4n) is 2.57. The van der Waals surface area contributed by atoms with Crippen molar-refractivity contribution in [1.29, 1.82) is 0 Å². The number of aryl methyl sites for hydroxylation is 1. The van der Waals surface area contributed by atoms with Gasteiger partial charge in [-0.25, -0.2) is 0 Å². The molecule has 1 unspecified atom stereocenters. The summed E-state index contributed by atoms with van der Waals surface area (Å²) in [5, 5.41) is 3.38. The molecule has 3 heteroatoms. The molecule has 1 atom stereocenters. The van der Waals surface area contributed by atoms with Crippen LogP contribution < -0.4 is 10.1 Å². The van der Waals surface area contributed by atoms with Crippen molar-refractivity contribution in [3.8, 4) is 5.75 Å². The molecule has 3 nitrogen and oxygen atoms in total. The smallest absolute Gasteiger partial charge is 0.122 e. The van der Waals surface area contributed by atoms with E-state index in [9.17, 15) is 0 Å². The van der Waals surface area contributed by atoms with Crippen LogP contribution in [-0.2, 0) is 10.2 Å². The quantitative estimate of drug-likeness (QED) is 0.890. The van der Waals surface area contributed by atoms with Crippen LogP contribution in [0.4, 0.5) is 0 Å². The van der Waals surface area contributed by atoms with Crippen LogP contribution in [0.15, 0.2) is 12.1 Å². The molecule has 0 amide bonds. The van der Waals surface area contributed by atoms with Crippen molar-refractivity contribution in [2.24, 2.45) is 0 Å². The summed E-state index contributed by atoms with van der Waals surface area (Å²) in [7, 11) is 1.74. The van der Waals surface area contributed by atoms with E-state index in [1.165, 1.54) is 16.7 Å². The zero-order valence-electron chi connectivity index (χ0n) is 12.7. The Morgan fingerprint density at radius 2 is 2.05 bits per heavy atom. The van der Waals surface area contributed by atoms with Gasteiger partial charge in [0.05, 0.1) is 19.8 Å². The van der Waals surface area contributed by atoms with E-state index in [2.05, 4.69) is 45.1 Å². The Kier molecular flexibility index (Phi) is 4.16. The number of benzene rings is 1. The van der Waals surface area contributed by atoms with Crippen LogP contribution in [0.2, 0.25) is 0 Å². The van der Waals surface area contributed by atoms with Gasteiger partial charge in [0, 0.05) is 13.1 Å². The number of morpholine rings is 1. The Morgan fingerprint density at radius 3 is 2.58 bits per heavy atom. The first kappa shape index (κ1) is 14.4. The van der Waals surface area contributed by atoms with E-state index in [4.69, 9.17) is 9.47 Å². The molecule has 1 aromatic rings. The summed E-state index contributed by atoms with van der Waals surface area (Å²) in [6.45, 7) is 11.4. The minimum Gasteiger partial charge on any atom is -0.496 e. The molecule has 0 aromatic heterocycles. The highest BCUT2D eigenvalue weighted by atomic mass is 16.5. The third kappa shape index (κ3) is 3.10. The van der Waals surface area contributed by atoms with E-state index in [0.29, 0.717) is 0 Å². The van der Waals surface area contributed by atoms with E-state index < -0.39 is 0 Å². The second-order valence-electron chi connectivity index (χ2n) is 6.22. The number of ether oxygens (including phenoxy) is 2. The second-order valence-corrected chi connectivity index (χ2v) is 6.22. The molecule has 1 N–H and O–H groups in total. The Hall–Kier alpha value is -1.06. The Morgan fingerprint density at radius 1 is 1.32 bits per heavy atom. The van der Waals surface area contributed by atoms with Crippen LogP contribution >= 0.6 is 0 Å². The van der Waals surface area contributed by atoms with Gasteiger partial charge in [-0.3, -0.25) is 0 Å². The molecule has 0 spiro atoms. The van der Waals surface area contributed by atoms with Gasteiger partial charge in [0.2, 0.25) is 0 Å². The van der Waals surface area contributed by atoms with E-state index >= 15 is 0 Å². The molecule has 19 heavy (non-hydrogen) atoms. The lowest BCUT2D eigenvalue weighted by molar-refractivity contribution is 0.0272. The van der Waals surface area contributed by atoms with Crippen molar-refractivity contribution in [2.75, 3.05) is 26.8 Å². The number of methoxy groups -OCH3 is 1. The monoisotopic (exact) mass is 263 g/mol. The van der Waals surface area contributed by atoms with Crippen molar-refractivity contribution in [3.05, 3.63) is 28.8 Å². The zero-order chi connectivity index (χ0) is 14.0. The van der Waals surface area contributed by atoms with Crippen LogP contribution in [0.3, 0.4) is 0 Å². The van der Waals surface area contributed by atoms with Gasteiger partial charge in [0.15, 0.2) is 0 Å². The molecule has 0 aliphatic carbocycles. The van der Waals surface area contributed by atoms with E-state index in [0.717, 1.165) is 25.4 Å². The number of rotatable bonds is 2. The molecule has 106 valence electrons. The van der Waals surface area contributed by atoms with Crippen molar-refractivity contribution >= 4 is 0 Å². The van der Waals surface area contributed by atoms with Crippen molar-refractivity contribution in [2.45, 2.75) is 39.2 Å². The van der Waals surface area contributed by atoms with Crippen molar-refractivity contribution in [1.82, 2.24) is 5.32 Å². The van der Waals surface area contributed by atoms with E-state index in [1.807, 2.05) is 0 Å². The fraction of sp³-hybridized carbons (Fsp3) is 0.625. The van der Waals surface area contributed by atoms with Crippen molar-refractivity contribution in [3.63, 3.8) is 0 Å². The molecule has 2 rings (SSSR count). The molecule has 0 saturated carbocycles. The molecule has 1 saturated heterocycles. The average molecular weight is 263 g/mol. The van der Waals surface area contributed by atoms with Gasteiger partial charge >= 0.3 is 0 Å². The maximum Gasteiger partial charge on any atom is 0.122 e. The number of nitrogens with one attached hydrogen (secondary N) is 1. The molecular formula is C16H25NO2. The van der Waals surface area contributed by atoms with Crippen LogP contribution in [0, 0.1) is 6.92 Å². The number of hydrogen-bond donors (Lipinski definition) is 1. The molecular weight excluding hydrogens is 238 g/mol. The summed E-state index contributed by atoms with van der Waals surface area (Å²) >= 11 is 0. The SMILES string of the molecule is COc1cc(C2CNCCO2)c(C)cc1C(C)(C)C. The van der Waals surface area contributed by atoms with E-state index in [-0.39, 0.29) is 11.5 Å². The van der Waals surface area contributed by atoms with Gasteiger partial charge < -0.3 is 14.8 Å². The van der Waals surface area contributed by atoms with Gasteiger partial charge in [0.25, 0.3) is 0 Å². The standard InChI is InChI=1S/C16H25NO2/c1-11-8-13(16(2,3)4)14(18-5)9-12(11)15-10-17-6-7-19-15/h8-9,15,17H,6-7,10H2,1-5H3. The first-order valence-corrected chi connectivity index (χ1v) is 6.95. The topological polar surface area (TPSA) is 30.5 Å². The molecule has 1 aliphatic heterocycles. The largest absolute Gasteiger partial charge is 0.496 e. The maximum atomic E-state index is 5.85. The minimum absolute atomic E-state index is 0.0836. The van der Waals surface area contributed by atoms with Crippen molar-refractivity contribution < 1.29 is 9.47 Å². The molecule has 1 fully saturated rings. The summed E-state index contributed by atoms with van der Waals surface area (Å²) in [6.07, 6.45) is 0.136. The van der Waals surface area contributed by atoms with Crippen LogP contribution in [0.1, 0.15) is 43.6 Å². The summed E-state index contributed by atoms with van der Waals surface area (Å²) in [5.41, 5.74) is 3.84. The molecule has 1 aromatic carbocycles. The zero-order valence-corrected chi connectivity index (χ0v) is 12.7. The molecule has 0 radical (unpaired) electrons. The molecule has 1 aliphatic rings. The third-order valence-electron chi connectivity index (χ3n) is 3.67. The lowest BCUT2D eigenvalue weighted by atomic mass is 9.84. The minimum atomic E-state index is 0.0836. The Balaban J connectivity index is 2.41. The fourth-order valence-corrected chi connectivity index (χ4v) is 2.57. The molecule has 1 heterocycles. The predicted octanol–water partition coefficient (Wildman–Crippen LogP) is 2.96. The Bertz CT molecular complexity index is 443. The van der Waals surface area contributed by atoms with Gasteiger partial charge in [-0.2, -0.15) is 0 Å². The second kappa shape index (κ2) is 5.51. The summed E-state index contributed by atoms with van der Waals surface area (Å²) < 4.78 is 11.4. The third-order valence-corrected chi connectivity index (χ3v) is 3.67. The van der Waals surface area contributed by atoms with Crippen LogP contribution in [-0.4, -0.2) is 26.8 Å². The van der Waals surface area contributed by atoms with Crippen LogP contribution in [0.5, 0.6) is 5.75 Å². The first-order valence-electron chi connectivity index (χ1n) is 6.95. The van der Waals surface area contributed by atoms with Gasteiger partial charge in [-0.05, 0) is 35.1 Å². The maximum absolute atomic E-state index is 5.85. The summed E-state index contributed by atoms with van der Waals surface area (Å²) in [4.78, 5) is 0. The Labute approximate surface area is 116 Å².